The van der Waals surface area contributed by atoms with Gasteiger partial charge in [0.1, 0.15) is 16.2 Å². The van der Waals surface area contributed by atoms with Crippen LogP contribution in [0, 0.1) is 5.82 Å². The van der Waals surface area contributed by atoms with Crippen LogP contribution >= 0.6 is 11.3 Å². The van der Waals surface area contributed by atoms with E-state index in [1.54, 1.807) is 37.1 Å². The normalized spacial score (nSPS) is 16.8. The quantitative estimate of drug-likeness (QED) is 0.926. The molecule has 0 spiro atoms. The van der Waals surface area contributed by atoms with Gasteiger partial charge in [-0.3, -0.25) is 9.59 Å². The lowest BCUT2D eigenvalue weighted by Crippen LogP contribution is -2.63. The Balaban J connectivity index is 1.76. The predicted molar refractivity (Wildman–Crippen MR) is 89.4 cm³/mol. The largest absolute Gasteiger partial charge is 0.352 e. The van der Waals surface area contributed by atoms with Crippen molar-refractivity contribution in [1.29, 1.82) is 0 Å². The standard InChI is InChI=1S/C17H18FN3O2S/c1-17(2)16(23)19-7-8-21(17)15(22)13-10-20-14(24-13)9-11-3-5-12(18)6-4-11/h3-6,10H,7-9H2,1-2H3,(H,19,23). The number of halogens is 1. The highest BCUT2D eigenvalue weighted by Gasteiger charge is 2.41. The van der Waals surface area contributed by atoms with Crippen molar-refractivity contribution in [2.24, 2.45) is 0 Å². The molecule has 5 nitrogen and oxygen atoms in total. The first-order valence-corrected chi connectivity index (χ1v) is 8.49. The van der Waals surface area contributed by atoms with Gasteiger partial charge in [0.15, 0.2) is 0 Å². The molecule has 1 aliphatic rings. The third-order valence-electron chi connectivity index (χ3n) is 4.13. The highest BCUT2D eigenvalue weighted by Crippen LogP contribution is 2.24. The highest BCUT2D eigenvalue weighted by atomic mass is 32.1. The first-order chi connectivity index (χ1) is 11.4. The zero-order valence-corrected chi connectivity index (χ0v) is 14.3. The van der Waals surface area contributed by atoms with Gasteiger partial charge in [-0.2, -0.15) is 0 Å². The van der Waals surface area contributed by atoms with E-state index >= 15 is 0 Å². The molecule has 0 unspecified atom stereocenters. The number of hydrogen-bond acceptors (Lipinski definition) is 4. The van der Waals surface area contributed by atoms with Crippen LogP contribution in [0.1, 0.15) is 34.1 Å². The van der Waals surface area contributed by atoms with Crippen LogP contribution in [0.3, 0.4) is 0 Å². The molecule has 1 aliphatic heterocycles. The van der Waals surface area contributed by atoms with Crippen molar-refractivity contribution >= 4 is 23.2 Å². The Kier molecular flexibility index (Phi) is 4.36. The molecule has 0 radical (unpaired) electrons. The monoisotopic (exact) mass is 347 g/mol. The minimum atomic E-state index is -0.879. The number of nitrogens with zero attached hydrogens (tertiary/aromatic N) is 2. The van der Waals surface area contributed by atoms with Gasteiger partial charge in [0.2, 0.25) is 5.91 Å². The second-order valence-corrected chi connectivity index (χ2v) is 7.31. The third kappa shape index (κ3) is 3.17. The summed E-state index contributed by atoms with van der Waals surface area (Å²) in [4.78, 5) is 31.1. The molecule has 1 aromatic heterocycles. The Morgan fingerprint density at radius 1 is 1.38 bits per heavy atom. The molecule has 2 aromatic rings. The van der Waals surface area contributed by atoms with E-state index in [-0.39, 0.29) is 17.6 Å². The van der Waals surface area contributed by atoms with Crippen LogP contribution in [0.4, 0.5) is 4.39 Å². The molecule has 1 N–H and O–H groups in total. The lowest BCUT2D eigenvalue weighted by atomic mass is 9.99. The molecule has 2 heterocycles. The summed E-state index contributed by atoms with van der Waals surface area (Å²) in [5, 5.41) is 3.56. The minimum absolute atomic E-state index is 0.154. The second kappa shape index (κ2) is 6.32. The zero-order valence-electron chi connectivity index (χ0n) is 13.5. The summed E-state index contributed by atoms with van der Waals surface area (Å²) in [6.45, 7) is 4.40. The smallest absolute Gasteiger partial charge is 0.266 e. The van der Waals surface area contributed by atoms with Gasteiger partial charge in [-0.1, -0.05) is 12.1 Å². The Morgan fingerprint density at radius 2 is 2.08 bits per heavy atom. The van der Waals surface area contributed by atoms with Crippen LogP contribution in [0.5, 0.6) is 0 Å². The topological polar surface area (TPSA) is 62.3 Å². The molecular formula is C17H18FN3O2S. The van der Waals surface area contributed by atoms with Crippen LogP contribution in [0.25, 0.3) is 0 Å². The molecule has 2 amide bonds. The summed E-state index contributed by atoms with van der Waals surface area (Å²) in [7, 11) is 0. The number of carbonyl (C=O) groups excluding carboxylic acids is 2. The maximum absolute atomic E-state index is 12.9. The lowest BCUT2D eigenvalue weighted by molar-refractivity contribution is -0.133. The van der Waals surface area contributed by atoms with Gasteiger partial charge in [-0.25, -0.2) is 9.37 Å². The summed E-state index contributed by atoms with van der Waals surface area (Å²) in [5.74, 6) is -0.616. The van der Waals surface area contributed by atoms with E-state index in [4.69, 9.17) is 0 Å². The average molecular weight is 347 g/mol. The number of thiazole rings is 1. The number of benzene rings is 1. The Hall–Kier alpha value is -2.28. The fourth-order valence-corrected chi connectivity index (χ4v) is 3.56. The summed E-state index contributed by atoms with van der Waals surface area (Å²) < 4.78 is 12.9. The summed E-state index contributed by atoms with van der Waals surface area (Å²) in [5.41, 5.74) is 0.0543. The predicted octanol–water partition coefficient (Wildman–Crippen LogP) is 2.22. The molecule has 0 aliphatic carbocycles. The van der Waals surface area contributed by atoms with Gasteiger partial charge in [0.05, 0.1) is 11.2 Å². The maximum Gasteiger partial charge on any atom is 0.266 e. The molecule has 0 atom stereocenters. The zero-order chi connectivity index (χ0) is 17.3. The van der Waals surface area contributed by atoms with E-state index in [0.717, 1.165) is 10.6 Å². The molecule has 0 saturated carbocycles. The SMILES string of the molecule is CC1(C)C(=O)NCCN1C(=O)c1cnc(Cc2ccc(F)cc2)s1. The van der Waals surface area contributed by atoms with Crippen molar-refractivity contribution in [3.05, 3.63) is 51.7 Å². The van der Waals surface area contributed by atoms with Crippen molar-refractivity contribution in [2.45, 2.75) is 25.8 Å². The minimum Gasteiger partial charge on any atom is -0.352 e. The molecule has 1 aromatic carbocycles. The summed E-state index contributed by atoms with van der Waals surface area (Å²) in [6, 6.07) is 6.22. The maximum atomic E-state index is 12.9. The van der Waals surface area contributed by atoms with Gasteiger partial charge >= 0.3 is 0 Å². The van der Waals surface area contributed by atoms with Crippen molar-refractivity contribution < 1.29 is 14.0 Å². The first kappa shape index (κ1) is 16.6. The number of amides is 2. The fraction of sp³-hybridized carbons (Fsp3) is 0.353. The van der Waals surface area contributed by atoms with Gasteiger partial charge < -0.3 is 10.2 Å². The van der Waals surface area contributed by atoms with Gasteiger partial charge in [0, 0.05) is 19.5 Å². The lowest BCUT2D eigenvalue weighted by Gasteiger charge is -2.40. The van der Waals surface area contributed by atoms with Crippen LogP contribution in [-0.4, -0.2) is 40.3 Å². The molecule has 126 valence electrons. The van der Waals surface area contributed by atoms with Crippen LogP contribution < -0.4 is 5.32 Å². The number of piperazine rings is 1. The van der Waals surface area contributed by atoms with Crippen molar-refractivity contribution in [1.82, 2.24) is 15.2 Å². The van der Waals surface area contributed by atoms with E-state index in [1.165, 1.54) is 23.5 Å². The first-order valence-electron chi connectivity index (χ1n) is 7.67. The molecule has 1 fully saturated rings. The van der Waals surface area contributed by atoms with Gasteiger partial charge in [0.25, 0.3) is 5.91 Å². The van der Waals surface area contributed by atoms with Crippen LogP contribution in [0.15, 0.2) is 30.5 Å². The second-order valence-electron chi connectivity index (χ2n) is 6.19. The fourth-order valence-electron chi connectivity index (χ4n) is 2.66. The Bertz CT molecular complexity index is 770. The third-order valence-corrected chi connectivity index (χ3v) is 5.11. The number of aromatic nitrogens is 1. The van der Waals surface area contributed by atoms with Crippen molar-refractivity contribution in [2.75, 3.05) is 13.1 Å². The van der Waals surface area contributed by atoms with E-state index < -0.39 is 5.54 Å². The van der Waals surface area contributed by atoms with E-state index in [1.807, 2.05) is 0 Å². The van der Waals surface area contributed by atoms with Crippen LogP contribution in [0.2, 0.25) is 0 Å². The highest BCUT2D eigenvalue weighted by molar-refractivity contribution is 7.13. The number of hydrogen-bond donors (Lipinski definition) is 1. The summed E-state index contributed by atoms with van der Waals surface area (Å²) in [6.07, 6.45) is 2.09. The molecule has 3 rings (SSSR count). The van der Waals surface area contributed by atoms with E-state index in [0.29, 0.717) is 24.4 Å². The average Bonchev–Trinajstić information content (AvgIpc) is 3.00. The Morgan fingerprint density at radius 3 is 2.79 bits per heavy atom. The molecular weight excluding hydrogens is 329 g/mol. The van der Waals surface area contributed by atoms with Crippen molar-refractivity contribution in [3.8, 4) is 0 Å². The molecule has 1 saturated heterocycles. The van der Waals surface area contributed by atoms with Crippen molar-refractivity contribution in [3.63, 3.8) is 0 Å². The number of rotatable bonds is 3. The van der Waals surface area contributed by atoms with Crippen LogP contribution in [-0.2, 0) is 11.2 Å². The van der Waals surface area contributed by atoms with Gasteiger partial charge in [-0.15, -0.1) is 11.3 Å². The number of nitrogens with one attached hydrogen (secondary N) is 1. The van der Waals surface area contributed by atoms with E-state index in [2.05, 4.69) is 10.3 Å². The molecule has 24 heavy (non-hydrogen) atoms. The molecule has 7 heteroatoms. The Labute approximate surface area is 143 Å². The molecule has 0 bridgehead atoms. The number of carbonyl (C=O) groups is 2. The summed E-state index contributed by atoms with van der Waals surface area (Å²) >= 11 is 1.31. The van der Waals surface area contributed by atoms with Gasteiger partial charge in [-0.05, 0) is 31.5 Å². The van der Waals surface area contributed by atoms with E-state index in [9.17, 15) is 14.0 Å².